The van der Waals surface area contributed by atoms with Crippen molar-refractivity contribution >= 4 is 34.3 Å². The number of anilines is 1. The van der Waals surface area contributed by atoms with E-state index >= 15 is 0 Å². The molecule has 1 N–H and O–H groups in total. The molecule has 0 spiro atoms. The Bertz CT molecular complexity index is 1410. The van der Waals surface area contributed by atoms with Crippen LogP contribution in [0.15, 0.2) is 60.8 Å². The number of benzene rings is 2. The van der Waals surface area contributed by atoms with Crippen molar-refractivity contribution in [2.45, 2.75) is 13.8 Å². The fourth-order valence-corrected chi connectivity index (χ4v) is 3.42. The third kappa shape index (κ3) is 5.08. The molecule has 2 aromatic carbocycles. The van der Waals surface area contributed by atoms with E-state index in [1.807, 2.05) is 31.2 Å². The molecular weight excluding hydrogens is 454 g/mol. The lowest BCUT2D eigenvalue weighted by Crippen LogP contribution is -2.23. The number of ether oxygens (including phenoxy) is 2. The minimum atomic E-state index is -0.650. The first kappa shape index (κ1) is 23.4. The van der Waals surface area contributed by atoms with Crippen molar-refractivity contribution in [2.75, 3.05) is 18.5 Å². The van der Waals surface area contributed by atoms with Crippen LogP contribution in [0, 0.1) is 17.0 Å². The fraction of sp³-hybridized carbons (Fsp3) is 0.167. The molecule has 11 nitrogen and oxygen atoms in total. The Morgan fingerprint density at radius 3 is 2.60 bits per heavy atom. The Kier molecular flexibility index (Phi) is 6.67. The lowest BCUT2D eigenvalue weighted by molar-refractivity contribution is -0.384. The average molecular weight is 475 g/mol. The number of aromatic nitrogens is 3. The van der Waals surface area contributed by atoms with Crippen LogP contribution >= 0.6 is 0 Å². The molecule has 2 aromatic heterocycles. The number of hydrogen-bond donors (Lipinski definition) is 1. The first-order valence-electron chi connectivity index (χ1n) is 10.7. The van der Waals surface area contributed by atoms with Gasteiger partial charge in [0.2, 0.25) is 0 Å². The van der Waals surface area contributed by atoms with Crippen LogP contribution < -0.4 is 10.1 Å². The summed E-state index contributed by atoms with van der Waals surface area (Å²) in [5, 5.41) is 18.7. The van der Waals surface area contributed by atoms with Gasteiger partial charge in [-0.25, -0.2) is 9.78 Å². The number of fused-ring (bicyclic) bond motifs is 1. The van der Waals surface area contributed by atoms with Crippen LogP contribution in [0.25, 0.3) is 16.7 Å². The Hall–Kier alpha value is -4.80. The third-order valence-corrected chi connectivity index (χ3v) is 5.07. The zero-order valence-electron chi connectivity index (χ0n) is 18.9. The molecule has 4 rings (SSSR count). The molecule has 0 atom stereocenters. The van der Waals surface area contributed by atoms with Crippen molar-refractivity contribution < 1.29 is 24.0 Å². The number of nitrogens with one attached hydrogen (secondary N) is 1. The predicted octanol–water partition coefficient (Wildman–Crippen LogP) is 3.83. The number of non-ortho nitro benzene ring substituents is 1. The van der Waals surface area contributed by atoms with Gasteiger partial charge in [0.25, 0.3) is 11.6 Å². The molecular formula is C24H21N5O6. The van der Waals surface area contributed by atoms with E-state index in [0.29, 0.717) is 5.82 Å². The average Bonchev–Trinajstić information content (AvgIpc) is 3.26. The minimum absolute atomic E-state index is 0.0585. The number of rotatable bonds is 8. The highest BCUT2D eigenvalue weighted by Crippen LogP contribution is 2.25. The topological polar surface area (TPSA) is 138 Å². The van der Waals surface area contributed by atoms with Crippen LogP contribution in [0.1, 0.15) is 22.8 Å². The van der Waals surface area contributed by atoms with Crippen LogP contribution in [0.3, 0.4) is 0 Å². The van der Waals surface area contributed by atoms with Crippen LogP contribution in [0.2, 0.25) is 0 Å². The summed E-state index contributed by atoms with van der Waals surface area (Å²) in [4.78, 5) is 40.1. The monoisotopic (exact) mass is 475 g/mol. The van der Waals surface area contributed by atoms with Gasteiger partial charge in [-0.1, -0.05) is 18.2 Å². The Labute approximate surface area is 199 Å². The second-order valence-corrected chi connectivity index (χ2v) is 7.44. The molecule has 0 aliphatic carbocycles. The van der Waals surface area contributed by atoms with E-state index in [2.05, 4.69) is 15.4 Å². The van der Waals surface area contributed by atoms with Crippen molar-refractivity contribution in [1.82, 2.24) is 14.8 Å². The quantitative estimate of drug-likeness (QED) is 0.230. The highest BCUT2D eigenvalue weighted by molar-refractivity contribution is 6.01. The molecule has 0 unspecified atom stereocenters. The number of nitro benzene ring substituents is 1. The van der Waals surface area contributed by atoms with Crippen molar-refractivity contribution in [1.29, 1.82) is 0 Å². The smallest absolute Gasteiger partial charge is 0.343 e. The van der Waals surface area contributed by atoms with E-state index in [4.69, 9.17) is 9.47 Å². The number of para-hydroxylation sites is 1. The summed E-state index contributed by atoms with van der Waals surface area (Å²) < 4.78 is 11.9. The van der Waals surface area contributed by atoms with E-state index in [0.717, 1.165) is 16.5 Å². The number of carbonyl (C=O) groups excluding carboxylic acids is 2. The normalized spacial score (nSPS) is 10.7. The standard InChI is InChI=1S/C24H21N5O6/c1-3-34-24(31)19-13-25-28(21-12-15(2)18-6-4-5-7-20(18)26-21)23(19)27-22(30)14-35-17-10-8-16(9-11-17)29(32)33/h4-13H,3,14H2,1-2H3,(H,27,30). The molecule has 0 bridgehead atoms. The Morgan fingerprint density at radius 2 is 1.89 bits per heavy atom. The highest BCUT2D eigenvalue weighted by Gasteiger charge is 2.23. The molecule has 11 heteroatoms. The van der Waals surface area contributed by atoms with Crippen LogP contribution in [0.5, 0.6) is 5.75 Å². The van der Waals surface area contributed by atoms with Gasteiger partial charge in [-0.05, 0) is 43.7 Å². The molecule has 4 aromatic rings. The molecule has 178 valence electrons. The van der Waals surface area contributed by atoms with E-state index in [1.165, 1.54) is 35.1 Å². The summed E-state index contributed by atoms with van der Waals surface area (Å²) in [5.41, 5.74) is 1.64. The summed E-state index contributed by atoms with van der Waals surface area (Å²) in [6.07, 6.45) is 1.30. The van der Waals surface area contributed by atoms with Crippen LogP contribution in [-0.4, -0.2) is 44.8 Å². The zero-order valence-corrected chi connectivity index (χ0v) is 18.9. The van der Waals surface area contributed by atoms with Gasteiger partial charge in [0, 0.05) is 17.5 Å². The maximum absolute atomic E-state index is 12.7. The van der Waals surface area contributed by atoms with Crippen LogP contribution in [-0.2, 0) is 9.53 Å². The van der Waals surface area contributed by atoms with Crippen LogP contribution in [0.4, 0.5) is 11.5 Å². The van der Waals surface area contributed by atoms with E-state index in [1.54, 1.807) is 13.0 Å². The number of aryl methyl sites for hydroxylation is 1. The van der Waals surface area contributed by atoms with Crippen molar-refractivity contribution in [2.24, 2.45) is 0 Å². The van der Waals surface area contributed by atoms with E-state index in [9.17, 15) is 19.7 Å². The van der Waals surface area contributed by atoms with Gasteiger partial charge in [0.1, 0.15) is 11.3 Å². The molecule has 0 saturated heterocycles. The first-order valence-corrected chi connectivity index (χ1v) is 10.7. The number of amides is 1. The lowest BCUT2D eigenvalue weighted by Gasteiger charge is -2.12. The summed E-state index contributed by atoms with van der Waals surface area (Å²) in [6.45, 7) is 3.34. The predicted molar refractivity (Wildman–Crippen MR) is 127 cm³/mol. The summed E-state index contributed by atoms with van der Waals surface area (Å²) in [7, 11) is 0. The summed E-state index contributed by atoms with van der Waals surface area (Å²) in [5.74, 6) is -0.459. The van der Waals surface area contributed by atoms with Gasteiger partial charge in [0.05, 0.1) is 23.2 Å². The van der Waals surface area contributed by atoms with Gasteiger partial charge >= 0.3 is 5.97 Å². The zero-order chi connectivity index (χ0) is 24.9. The van der Waals surface area contributed by atoms with Gasteiger partial charge in [-0.2, -0.15) is 9.78 Å². The maximum atomic E-state index is 12.7. The number of nitrogens with zero attached hydrogens (tertiary/aromatic N) is 4. The highest BCUT2D eigenvalue weighted by atomic mass is 16.6. The molecule has 0 aliphatic heterocycles. The SMILES string of the molecule is CCOC(=O)c1cnn(-c2cc(C)c3ccccc3n2)c1NC(=O)COc1ccc([N+](=O)[O-])cc1. The van der Waals surface area contributed by atoms with Gasteiger partial charge in [-0.15, -0.1) is 0 Å². The lowest BCUT2D eigenvalue weighted by atomic mass is 10.1. The Morgan fingerprint density at radius 1 is 1.14 bits per heavy atom. The van der Waals surface area contributed by atoms with Gasteiger partial charge in [-0.3, -0.25) is 14.9 Å². The van der Waals surface area contributed by atoms with Gasteiger partial charge in [0.15, 0.2) is 18.2 Å². The second-order valence-electron chi connectivity index (χ2n) is 7.44. The Balaban J connectivity index is 1.61. The van der Waals surface area contributed by atoms with Crippen molar-refractivity contribution in [3.63, 3.8) is 0 Å². The number of pyridine rings is 1. The first-order chi connectivity index (χ1) is 16.9. The molecule has 0 radical (unpaired) electrons. The van der Waals surface area contributed by atoms with E-state index in [-0.39, 0.29) is 29.4 Å². The van der Waals surface area contributed by atoms with Gasteiger partial charge < -0.3 is 14.8 Å². The fourth-order valence-electron chi connectivity index (χ4n) is 3.42. The second kappa shape index (κ2) is 10.00. The maximum Gasteiger partial charge on any atom is 0.343 e. The van der Waals surface area contributed by atoms with Crippen molar-refractivity contribution in [3.05, 3.63) is 82.0 Å². The molecule has 1 amide bonds. The number of esters is 1. The minimum Gasteiger partial charge on any atom is -0.484 e. The summed E-state index contributed by atoms with van der Waals surface area (Å²) in [6, 6.07) is 14.7. The number of hydrogen-bond acceptors (Lipinski definition) is 8. The molecule has 0 aliphatic rings. The molecule has 35 heavy (non-hydrogen) atoms. The third-order valence-electron chi connectivity index (χ3n) is 5.07. The molecule has 0 fully saturated rings. The largest absolute Gasteiger partial charge is 0.484 e. The number of carbonyl (C=O) groups is 2. The number of nitro groups is 1. The summed E-state index contributed by atoms with van der Waals surface area (Å²) >= 11 is 0. The van der Waals surface area contributed by atoms with Crippen molar-refractivity contribution in [3.8, 4) is 11.6 Å². The molecule has 2 heterocycles. The molecule has 0 saturated carbocycles. The van der Waals surface area contributed by atoms with E-state index < -0.39 is 23.4 Å².